The van der Waals surface area contributed by atoms with Crippen LogP contribution in [0.4, 0.5) is 8.78 Å². The van der Waals surface area contributed by atoms with E-state index in [1.807, 2.05) is 0 Å². The van der Waals surface area contributed by atoms with Crippen molar-refractivity contribution in [1.29, 1.82) is 0 Å². The molecule has 2 aromatic carbocycles. The molecule has 1 nitrogen and oxygen atoms in total. The minimum atomic E-state index is -0.686. The number of hydrogen-bond donors (Lipinski definition) is 0. The highest BCUT2D eigenvalue weighted by molar-refractivity contribution is 6.35. The average Bonchev–Trinajstić information content (AvgIpc) is 2.32. The fourth-order valence-electron chi connectivity index (χ4n) is 1.65. The molecular weight excluding hydrogens is 258 g/mol. The van der Waals surface area contributed by atoms with E-state index in [1.165, 1.54) is 37.3 Å². The molecule has 0 spiro atoms. The molecule has 0 aliphatic carbocycles. The summed E-state index contributed by atoms with van der Waals surface area (Å²) in [6.07, 6.45) is 0. The summed E-state index contributed by atoms with van der Waals surface area (Å²) in [6.45, 7) is 1.54. The van der Waals surface area contributed by atoms with Gasteiger partial charge in [-0.3, -0.25) is 4.79 Å². The van der Waals surface area contributed by atoms with E-state index in [2.05, 4.69) is 0 Å². The number of ketones is 1. The Kier molecular flexibility index (Phi) is 3.43. The van der Waals surface area contributed by atoms with E-state index in [4.69, 9.17) is 11.6 Å². The topological polar surface area (TPSA) is 17.1 Å². The van der Waals surface area contributed by atoms with Crippen LogP contribution in [0, 0.1) is 18.6 Å². The van der Waals surface area contributed by atoms with Gasteiger partial charge in [0.1, 0.15) is 11.6 Å². The zero-order valence-corrected chi connectivity index (χ0v) is 10.3. The van der Waals surface area contributed by atoms with Crippen LogP contribution in [0.5, 0.6) is 0 Å². The van der Waals surface area contributed by atoms with E-state index in [-0.39, 0.29) is 16.1 Å². The molecule has 0 aromatic heterocycles. The average molecular weight is 267 g/mol. The van der Waals surface area contributed by atoms with Crippen molar-refractivity contribution >= 4 is 17.4 Å². The Balaban J connectivity index is 2.51. The minimum absolute atomic E-state index is 0.0435. The van der Waals surface area contributed by atoms with E-state index in [0.717, 1.165) is 6.07 Å². The Bertz CT molecular complexity index is 603. The van der Waals surface area contributed by atoms with Crippen LogP contribution in [0.15, 0.2) is 36.4 Å². The quantitative estimate of drug-likeness (QED) is 0.746. The number of aryl methyl sites for hydroxylation is 1. The second kappa shape index (κ2) is 4.86. The third kappa shape index (κ3) is 2.27. The molecule has 0 amide bonds. The van der Waals surface area contributed by atoms with Gasteiger partial charge >= 0.3 is 0 Å². The van der Waals surface area contributed by atoms with Crippen LogP contribution in [-0.4, -0.2) is 5.78 Å². The Labute approximate surface area is 108 Å². The molecule has 0 bridgehead atoms. The van der Waals surface area contributed by atoms with Crippen molar-refractivity contribution in [3.8, 4) is 0 Å². The van der Waals surface area contributed by atoms with Gasteiger partial charge in [0.2, 0.25) is 0 Å². The number of halogens is 3. The summed E-state index contributed by atoms with van der Waals surface area (Å²) < 4.78 is 26.7. The number of carbonyl (C=O) groups is 1. The molecule has 0 heterocycles. The van der Waals surface area contributed by atoms with Crippen LogP contribution in [-0.2, 0) is 0 Å². The fourth-order valence-corrected chi connectivity index (χ4v) is 1.89. The molecule has 2 aromatic rings. The third-order valence-corrected chi connectivity index (χ3v) is 2.92. The van der Waals surface area contributed by atoms with Gasteiger partial charge in [0.25, 0.3) is 0 Å². The highest BCUT2D eigenvalue weighted by atomic mass is 35.5. The Morgan fingerprint density at radius 1 is 1.11 bits per heavy atom. The fraction of sp³-hybridized carbons (Fsp3) is 0.0714. The predicted molar refractivity (Wildman–Crippen MR) is 66.0 cm³/mol. The van der Waals surface area contributed by atoms with Gasteiger partial charge in [0.05, 0.1) is 10.6 Å². The second-order valence-electron chi connectivity index (χ2n) is 3.89. The number of benzene rings is 2. The van der Waals surface area contributed by atoms with E-state index in [9.17, 15) is 13.6 Å². The van der Waals surface area contributed by atoms with Crippen LogP contribution < -0.4 is 0 Å². The van der Waals surface area contributed by atoms with E-state index in [0.29, 0.717) is 5.56 Å². The normalized spacial score (nSPS) is 10.4. The van der Waals surface area contributed by atoms with Crippen LogP contribution >= 0.6 is 11.6 Å². The minimum Gasteiger partial charge on any atom is -0.288 e. The van der Waals surface area contributed by atoms with E-state index >= 15 is 0 Å². The molecule has 0 saturated carbocycles. The monoisotopic (exact) mass is 266 g/mol. The maximum absolute atomic E-state index is 13.6. The van der Waals surface area contributed by atoms with Gasteiger partial charge in [-0.15, -0.1) is 0 Å². The summed E-state index contributed by atoms with van der Waals surface area (Å²) >= 11 is 5.81. The van der Waals surface area contributed by atoms with Gasteiger partial charge in [0, 0.05) is 5.56 Å². The summed E-state index contributed by atoms with van der Waals surface area (Å²) in [5.74, 6) is -1.65. The van der Waals surface area contributed by atoms with Gasteiger partial charge in [-0.2, -0.15) is 0 Å². The molecule has 0 aliphatic rings. The summed E-state index contributed by atoms with van der Waals surface area (Å²) in [4.78, 5) is 12.1. The zero-order valence-electron chi connectivity index (χ0n) is 9.51. The van der Waals surface area contributed by atoms with Crippen LogP contribution in [0.1, 0.15) is 21.5 Å². The first-order valence-electron chi connectivity index (χ1n) is 5.25. The number of carbonyl (C=O) groups excluding carboxylic acids is 1. The first-order valence-corrected chi connectivity index (χ1v) is 5.63. The van der Waals surface area contributed by atoms with Crippen molar-refractivity contribution in [2.45, 2.75) is 6.92 Å². The lowest BCUT2D eigenvalue weighted by molar-refractivity contribution is 0.103. The van der Waals surface area contributed by atoms with E-state index < -0.39 is 17.4 Å². The molecule has 0 saturated heterocycles. The van der Waals surface area contributed by atoms with Crippen molar-refractivity contribution in [2.75, 3.05) is 0 Å². The molecule has 4 heteroatoms. The first-order chi connectivity index (χ1) is 8.50. The first kappa shape index (κ1) is 12.7. The largest absolute Gasteiger partial charge is 0.288 e. The molecule has 92 valence electrons. The summed E-state index contributed by atoms with van der Waals surface area (Å²) in [6, 6.07) is 7.89. The smallest absolute Gasteiger partial charge is 0.197 e. The maximum Gasteiger partial charge on any atom is 0.197 e. The lowest BCUT2D eigenvalue weighted by Gasteiger charge is -2.06. The van der Waals surface area contributed by atoms with Crippen molar-refractivity contribution in [3.63, 3.8) is 0 Å². The molecule has 0 atom stereocenters. The van der Waals surface area contributed by atoms with Crippen molar-refractivity contribution < 1.29 is 13.6 Å². The lowest BCUT2D eigenvalue weighted by Crippen LogP contribution is -2.06. The van der Waals surface area contributed by atoms with Gasteiger partial charge in [-0.05, 0) is 42.8 Å². The number of rotatable bonds is 2. The van der Waals surface area contributed by atoms with Gasteiger partial charge in [0.15, 0.2) is 5.78 Å². The molecule has 0 unspecified atom stereocenters. The standard InChI is InChI=1S/C14H9ClF2O/c1-8-7-9(5-6-11(8)16)14(18)13-10(15)3-2-4-12(13)17/h2-7H,1H3. The van der Waals surface area contributed by atoms with Crippen molar-refractivity contribution in [1.82, 2.24) is 0 Å². The SMILES string of the molecule is Cc1cc(C(=O)c2c(F)cccc2Cl)ccc1F. The Morgan fingerprint density at radius 3 is 2.44 bits per heavy atom. The maximum atomic E-state index is 13.6. The van der Waals surface area contributed by atoms with E-state index in [1.54, 1.807) is 0 Å². The van der Waals surface area contributed by atoms with Gasteiger partial charge < -0.3 is 0 Å². The molecule has 0 aliphatic heterocycles. The zero-order chi connectivity index (χ0) is 13.3. The van der Waals surface area contributed by atoms with Gasteiger partial charge in [-0.25, -0.2) is 8.78 Å². The molecule has 0 fully saturated rings. The highest BCUT2D eigenvalue weighted by Gasteiger charge is 2.18. The molecule has 0 N–H and O–H groups in total. The molecule has 18 heavy (non-hydrogen) atoms. The summed E-state index contributed by atoms with van der Waals surface area (Å²) in [5, 5.41) is 0.0435. The molecule has 0 radical (unpaired) electrons. The lowest BCUT2D eigenvalue weighted by atomic mass is 10.0. The summed E-state index contributed by atoms with van der Waals surface area (Å²) in [5.41, 5.74) is 0.347. The Morgan fingerprint density at radius 2 is 1.83 bits per heavy atom. The third-order valence-electron chi connectivity index (χ3n) is 2.61. The van der Waals surface area contributed by atoms with Crippen molar-refractivity contribution in [2.24, 2.45) is 0 Å². The van der Waals surface area contributed by atoms with Crippen LogP contribution in [0.25, 0.3) is 0 Å². The second-order valence-corrected chi connectivity index (χ2v) is 4.30. The predicted octanol–water partition coefficient (Wildman–Crippen LogP) is 4.16. The highest BCUT2D eigenvalue weighted by Crippen LogP contribution is 2.23. The van der Waals surface area contributed by atoms with Crippen LogP contribution in [0.2, 0.25) is 5.02 Å². The molecule has 2 rings (SSSR count). The number of hydrogen-bond acceptors (Lipinski definition) is 1. The van der Waals surface area contributed by atoms with Crippen LogP contribution in [0.3, 0.4) is 0 Å². The Hall–Kier alpha value is -1.74. The van der Waals surface area contributed by atoms with Gasteiger partial charge in [-0.1, -0.05) is 17.7 Å². The van der Waals surface area contributed by atoms with Crippen molar-refractivity contribution in [3.05, 3.63) is 69.7 Å². The summed E-state index contributed by atoms with van der Waals surface area (Å²) in [7, 11) is 0. The molecular formula is C14H9ClF2O.